The summed E-state index contributed by atoms with van der Waals surface area (Å²) in [5.41, 5.74) is 8.44. The van der Waals surface area contributed by atoms with Crippen LogP contribution in [0.1, 0.15) is 124 Å². The molecule has 0 amide bonds. The van der Waals surface area contributed by atoms with Crippen LogP contribution in [0.4, 0.5) is 0 Å². The summed E-state index contributed by atoms with van der Waals surface area (Å²) in [4.78, 5) is 0. The smallest absolute Gasteiger partial charge is 0.0159 e. The first-order chi connectivity index (χ1) is 12.7. The molecule has 2 aliphatic carbocycles. The van der Waals surface area contributed by atoms with E-state index in [0.29, 0.717) is 0 Å². The number of rotatable bonds is 7. The van der Waals surface area contributed by atoms with Crippen molar-refractivity contribution in [2.75, 3.05) is 0 Å². The van der Waals surface area contributed by atoms with Crippen molar-refractivity contribution in [3.63, 3.8) is 0 Å². The van der Waals surface area contributed by atoms with Crippen LogP contribution in [0.15, 0.2) is 6.07 Å². The molecule has 0 heterocycles. The highest BCUT2D eigenvalue weighted by Crippen LogP contribution is 2.38. The summed E-state index contributed by atoms with van der Waals surface area (Å²) in [6.07, 6.45) is 21.5. The number of aryl methyl sites for hydroxylation is 1. The Morgan fingerprint density at radius 2 is 1.46 bits per heavy atom. The van der Waals surface area contributed by atoms with Crippen LogP contribution in [-0.2, 0) is 12.8 Å². The number of hydrogen-bond donors (Lipinski definition) is 0. The molecule has 146 valence electrons. The molecule has 2 aliphatic rings. The molecule has 26 heavy (non-hydrogen) atoms. The minimum Gasteiger partial charge on any atom is -0.0651 e. The van der Waals surface area contributed by atoms with Gasteiger partial charge in [-0.15, -0.1) is 0 Å². The van der Waals surface area contributed by atoms with Gasteiger partial charge in [-0.25, -0.2) is 0 Å². The van der Waals surface area contributed by atoms with Crippen molar-refractivity contribution in [3.8, 4) is 0 Å². The molecule has 0 N–H and O–H groups in total. The lowest BCUT2D eigenvalue weighted by Gasteiger charge is -2.28. The Labute approximate surface area is 163 Å². The molecule has 1 aromatic carbocycles. The zero-order chi connectivity index (χ0) is 18.4. The quantitative estimate of drug-likeness (QED) is 0.463. The first-order valence-electron chi connectivity index (χ1n) is 11.8. The van der Waals surface area contributed by atoms with Crippen molar-refractivity contribution in [2.45, 2.75) is 123 Å². The van der Waals surface area contributed by atoms with E-state index in [-0.39, 0.29) is 0 Å². The Bertz CT molecular complexity index is 556. The molecule has 0 unspecified atom stereocenters. The number of benzene rings is 1. The minimum absolute atomic E-state index is 0.849. The Kier molecular flexibility index (Phi) is 7.64. The van der Waals surface area contributed by atoms with Crippen LogP contribution in [-0.4, -0.2) is 0 Å². The largest absolute Gasteiger partial charge is 0.0651 e. The highest BCUT2D eigenvalue weighted by molar-refractivity contribution is 5.47. The van der Waals surface area contributed by atoms with Crippen LogP contribution in [0.3, 0.4) is 0 Å². The Hall–Kier alpha value is -0.780. The van der Waals surface area contributed by atoms with Gasteiger partial charge in [-0.05, 0) is 85.6 Å². The summed E-state index contributed by atoms with van der Waals surface area (Å²) in [5.74, 6) is 1.88. The van der Waals surface area contributed by atoms with Gasteiger partial charge in [0.1, 0.15) is 0 Å². The van der Waals surface area contributed by atoms with E-state index in [0.717, 1.165) is 11.8 Å². The van der Waals surface area contributed by atoms with Gasteiger partial charge in [-0.2, -0.15) is 0 Å². The van der Waals surface area contributed by atoms with Crippen molar-refractivity contribution >= 4 is 0 Å². The van der Waals surface area contributed by atoms with E-state index < -0.39 is 0 Å². The van der Waals surface area contributed by atoms with Gasteiger partial charge < -0.3 is 0 Å². The van der Waals surface area contributed by atoms with E-state index >= 15 is 0 Å². The van der Waals surface area contributed by atoms with Gasteiger partial charge in [0.25, 0.3) is 0 Å². The highest BCUT2D eigenvalue weighted by Gasteiger charge is 2.22. The van der Waals surface area contributed by atoms with Crippen LogP contribution in [0.25, 0.3) is 0 Å². The predicted octanol–water partition coefficient (Wildman–Crippen LogP) is 8.21. The maximum absolute atomic E-state index is 2.58. The highest BCUT2D eigenvalue weighted by atomic mass is 14.3. The van der Waals surface area contributed by atoms with Crippen molar-refractivity contribution in [1.29, 1.82) is 0 Å². The van der Waals surface area contributed by atoms with E-state index in [1.165, 1.54) is 96.3 Å². The summed E-state index contributed by atoms with van der Waals surface area (Å²) < 4.78 is 0. The zero-order valence-electron chi connectivity index (χ0n) is 17.8. The molecule has 0 bridgehead atoms. The topological polar surface area (TPSA) is 0 Å². The lowest BCUT2D eigenvalue weighted by Crippen LogP contribution is -2.12. The van der Waals surface area contributed by atoms with Gasteiger partial charge >= 0.3 is 0 Å². The minimum atomic E-state index is 0.849. The SMILES string of the molecule is CCCc1c(C2CCCCC2)cc(C)c(C)c1CCCC1CCCCC1. The monoisotopic (exact) mass is 354 g/mol. The van der Waals surface area contributed by atoms with Crippen LogP contribution < -0.4 is 0 Å². The van der Waals surface area contributed by atoms with Crippen molar-refractivity contribution in [1.82, 2.24) is 0 Å². The van der Waals surface area contributed by atoms with Crippen LogP contribution in [0.2, 0.25) is 0 Å². The van der Waals surface area contributed by atoms with Crippen LogP contribution in [0.5, 0.6) is 0 Å². The second-order valence-electron chi connectivity index (χ2n) is 9.35. The van der Waals surface area contributed by atoms with Gasteiger partial charge in [0.2, 0.25) is 0 Å². The fourth-order valence-corrected chi connectivity index (χ4v) is 5.77. The summed E-state index contributed by atoms with van der Waals surface area (Å²) in [5, 5.41) is 0. The normalized spacial score (nSPS) is 19.8. The maximum Gasteiger partial charge on any atom is -0.0159 e. The van der Waals surface area contributed by atoms with Gasteiger partial charge in [0, 0.05) is 0 Å². The maximum atomic E-state index is 2.58. The summed E-state index contributed by atoms with van der Waals surface area (Å²) in [6, 6.07) is 2.58. The molecule has 0 aromatic heterocycles. The molecular formula is C26H42. The zero-order valence-corrected chi connectivity index (χ0v) is 17.8. The van der Waals surface area contributed by atoms with E-state index in [1.54, 1.807) is 27.8 Å². The molecule has 3 rings (SSSR count). The summed E-state index contributed by atoms with van der Waals surface area (Å²) >= 11 is 0. The third kappa shape index (κ3) is 4.93. The molecule has 0 atom stereocenters. The molecule has 0 nitrogen and oxygen atoms in total. The lowest BCUT2D eigenvalue weighted by molar-refractivity contribution is 0.332. The van der Waals surface area contributed by atoms with E-state index in [1.807, 2.05) is 0 Å². The second kappa shape index (κ2) is 9.95. The third-order valence-corrected chi connectivity index (χ3v) is 7.44. The molecule has 0 aliphatic heterocycles. The average molecular weight is 355 g/mol. The molecule has 0 spiro atoms. The Morgan fingerprint density at radius 3 is 2.12 bits per heavy atom. The van der Waals surface area contributed by atoms with E-state index in [9.17, 15) is 0 Å². The van der Waals surface area contributed by atoms with Crippen molar-refractivity contribution in [3.05, 3.63) is 33.9 Å². The van der Waals surface area contributed by atoms with Crippen LogP contribution in [0, 0.1) is 19.8 Å². The van der Waals surface area contributed by atoms with Gasteiger partial charge in [0.05, 0.1) is 0 Å². The predicted molar refractivity (Wildman–Crippen MR) is 115 cm³/mol. The molecule has 0 radical (unpaired) electrons. The molecule has 2 saturated carbocycles. The Balaban J connectivity index is 1.78. The summed E-state index contributed by atoms with van der Waals surface area (Å²) in [7, 11) is 0. The standard InChI is InChI=1S/C26H42/c1-4-12-25-24(18-11-15-22-13-7-5-8-14-22)21(3)20(2)19-26(25)23-16-9-6-10-17-23/h19,22-23H,4-18H2,1-3H3. The first kappa shape index (κ1) is 20.0. The fourth-order valence-electron chi connectivity index (χ4n) is 5.77. The van der Waals surface area contributed by atoms with Crippen LogP contribution >= 0.6 is 0 Å². The lowest BCUT2D eigenvalue weighted by atomic mass is 9.77. The van der Waals surface area contributed by atoms with Gasteiger partial charge in [0.15, 0.2) is 0 Å². The van der Waals surface area contributed by atoms with E-state index in [2.05, 4.69) is 26.8 Å². The van der Waals surface area contributed by atoms with Gasteiger partial charge in [-0.1, -0.05) is 77.2 Å². The molecule has 1 aromatic rings. The molecular weight excluding hydrogens is 312 g/mol. The molecule has 0 heteroatoms. The van der Waals surface area contributed by atoms with Crippen molar-refractivity contribution < 1.29 is 0 Å². The summed E-state index contributed by atoms with van der Waals surface area (Å²) in [6.45, 7) is 7.13. The molecule has 0 saturated heterocycles. The fraction of sp³-hybridized carbons (Fsp3) is 0.769. The molecule has 2 fully saturated rings. The third-order valence-electron chi connectivity index (χ3n) is 7.44. The number of hydrogen-bond acceptors (Lipinski definition) is 0. The van der Waals surface area contributed by atoms with Crippen molar-refractivity contribution in [2.24, 2.45) is 5.92 Å². The average Bonchev–Trinajstić information content (AvgIpc) is 2.68. The van der Waals surface area contributed by atoms with E-state index in [4.69, 9.17) is 0 Å². The Morgan fingerprint density at radius 1 is 0.808 bits per heavy atom. The first-order valence-corrected chi connectivity index (χ1v) is 11.8. The van der Waals surface area contributed by atoms with Gasteiger partial charge in [-0.3, -0.25) is 0 Å². The second-order valence-corrected chi connectivity index (χ2v) is 9.35.